The zero-order chi connectivity index (χ0) is 13.2. The van der Waals surface area contributed by atoms with Crippen LogP contribution in [0.1, 0.15) is 0 Å². The normalized spacial score (nSPS) is 11.2. The predicted molar refractivity (Wildman–Crippen MR) is 68.4 cm³/mol. The molecule has 0 amide bonds. The zero-order valence-electron chi connectivity index (χ0n) is 9.75. The summed E-state index contributed by atoms with van der Waals surface area (Å²) < 4.78 is 38.7. The van der Waals surface area contributed by atoms with Crippen molar-refractivity contribution in [2.45, 2.75) is 4.90 Å². The lowest BCUT2D eigenvalue weighted by atomic mass is 10.3. The Bertz CT molecular complexity index is 641. The Morgan fingerprint density at radius 3 is 2.28 bits per heavy atom. The maximum atomic E-state index is 13.1. The monoisotopic (exact) mass is 265 g/mol. The lowest BCUT2D eigenvalue weighted by Crippen LogP contribution is -2.26. The van der Waals surface area contributed by atoms with Crippen LogP contribution in [0.3, 0.4) is 0 Å². The van der Waals surface area contributed by atoms with Crippen molar-refractivity contribution in [3.8, 4) is 0 Å². The standard InChI is InChI=1S/C13H12FNO2S/c1-15(12-7-5-6-11(14)10-12)18(16,17)13-8-3-2-4-9-13/h2-10H,1H3. The molecule has 3 nitrogen and oxygen atoms in total. The maximum absolute atomic E-state index is 13.1. The molecule has 0 spiro atoms. The Balaban J connectivity index is 2.43. The van der Waals surface area contributed by atoms with Gasteiger partial charge >= 0.3 is 0 Å². The van der Waals surface area contributed by atoms with Gasteiger partial charge in [0.05, 0.1) is 10.6 Å². The first-order valence-electron chi connectivity index (χ1n) is 5.31. The molecule has 5 heteroatoms. The minimum Gasteiger partial charge on any atom is -0.269 e. The van der Waals surface area contributed by atoms with Gasteiger partial charge in [-0.3, -0.25) is 4.31 Å². The van der Waals surface area contributed by atoms with E-state index in [1.165, 1.54) is 37.4 Å². The van der Waals surface area contributed by atoms with Crippen LogP contribution in [-0.2, 0) is 10.0 Å². The lowest BCUT2D eigenvalue weighted by Gasteiger charge is -2.19. The van der Waals surface area contributed by atoms with Gasteiger partial charge in [0, 0.05) is 7.05 Å². The molecule has 0 aliphatic heterocycles. The van der Waals surface area contributed by atoms with E-state index in [9.17, 15) is 12.8 Å². The lowest BCUT2D eigenvalue weighted by molar-refractivity contribution is 0.594. The average Bonchev–Trinajstić information content (AvgIpc) is 2.39. The summed E-state index contributed by atoms with van der Waals surface area (Å²) >= 11 is 0. The molecule has 0 radical (unpaired) electrons. The summed E-state index contributed by atoms with van der Waals surface area (Å²) in [5, 5.41) is 0. The molecule has 18 heavy (non-hydrogen) atoms. The molecular weight excluding hydrogens is 253 g/mol. The van der Waals surface area contributed by atoms with Gasteiger partial charge in [-0.05, 0) is 30.3 Å². The molecule has 2 rings (SSSR count). The maximum Gasteiger partial charge on any atom is 0.264 e. The number of hydrogen-bond acceptors (Lipinski definition) is 2. The Hall–Kier alpha value is -1.88. The van der Waals surface area contributed by atoms with Gasteiger partial charge in [0.1, 0.15) is 5.82 Å². The summed E-state index contributed by atoms with van der Waals surface area (Å²) in [4.78, 5) is 0.178. The van der Waals surface area contributed by atoms with Crippen LogP contribution in [-0.4, -0.2) is 15.5 Å². The number of rotatable bonds is 3. The molecular formula is C13H12FNO2S. The second-order valence-corrected chi connectivity index (χ2v) is 5.73. The SMILES string of the molecule is CN(c1cccc(F)c1)S(=O)(=O)c1ccccc1. The minimum absolute atomic E-state index is 0.178. The van der Waals surface area contributed by atoms with Crippen LogP contribution in [0.2, 0.25) is 0 Å². The predicted octanol–water partition coefficient (Wildman–Crippen LogP) is 2.65. The van der Waals surface area contributed by atoms with Crippen LogP contribution < -0.4 is 4.31 Å². The summed E-state index contributed by atoms with van der Waals surface area (Å²) in [6, 6.07) is 13.5. The first-order valence-corrected chi connectivity index (χ1v) is 6.75. The number of sulfonamides is 1. The third-order valence-electron chi connectivity index (χ3n) is 2.57. The summed E-state index contributed by atoms with van der Waals surface area (Å²) in [5.74, 6) is -0.470. The topological polar surface area (TPSA) is 37.4 Å². The number of nitrogens with zero attached hydrogens (tertiary/aromatic N) is 1. The van der Waals surface area contributed by atoms with Crippen LogP contribution in [0.5, 0.6) is 0 Å². The molecule has 0 saturated heterocycles. The Labute approximate surface area is 106 Å². The molecule has 2 aromatic rings. The summed E-state index contributed by atoms with van der Waals surface area (Å²) in [7, 11) is -2.24. The van der Waals surface area contributed by atoms with Gasteiger partial charge in [0.25, 0.3) is 10.0 Å². The van der Waals surface area contributed by atoms with E-state index >= 15 is 0 Å². The van der Waals surface area contributed by atoms with Gasteiger partial charge in [-0.2, -0.15) is 0 Å². The Morgan fingerprint density at radius 1 is 1.00 bits per heavy atom. The van der Waals surface area contributed by atoms with E-state index in [-0.39, 0.29) is 4.90 Å². The highest BCUT2D eigenvalue weighted by molar-refractivity contribution is 7.92. The van der Waals surface area contributed by atoms with E-state index in [1.54, 1.807) is 24.3 Å². The van der Waals surface area contributed by atoms with Gasteiger partial charge in [-0.15, -0.1) is 0 Å². The number of anilines is 1. The van der Waals surface area contributed by atoms with Gasteiger partial charge in [0.2, 0.25) is 0 Å². The molecule has 0 unspecified atom stereocenters. The van der Waals surface area contributed by atoms with Crippen LogP contribution in [0.4, 0.5) is 10.1 Å². The van der Waals surface area contributed by atoms with E-state index < -0.39 is 15.8 Å². The van der Waals surface area contributed by atoms with Crippen LogP contribution in [0, 0.1) is 5.82 Å². The van der Waals surface area contributed by atoms with Gasteiger partial charge < -0.3 is 0 Å². The fraction of sp³-hybridized carbons (Fsp3) is 0.0769. The van der Waals surface area contributed by atoms with Crippen molar-refractivity contribution in [3.63, 3.8) is 0 Å². The molecule has 0 bridgehead atoms. The van der Waals surface area contributed by atoms with E-state index in [0.717, 1.165) is 4.31 Å². The molecule has 0 aliphatic carbocycles. The van der Waals surface area contributed by atoms with Gasteiger partial charge in [-0.1, -0.05) is 24.3 Å². The van der Waals surface area contributed by atoms with Crippen molar-refractivity contribution >= 4 is 15.7 Å². The number of hydrogen-bond donors (Lipinski definition) is 0. The van der Waals surface area contributed by atoms with Gasteiger partial charge in [-0.25, -0.2) is 12.8 Å². The van der Waals surface area contributed by atoms with Crippen molar-refractivity contribution in [3.05, 3.63) is 60.4 Å². The summed E-state index contributed by atoms with van der Waals surface area (Å²) in [5.41, 5.74) is 0.291. The second-order valence-electron chi connectivity index (χ2n) is 3.77. The molecule has 94 valence electrons. The molecule has 0 saturated carbocycles. The highest BCUT2D eigenvalue weighted by Crippen LogP contribution is 2.22. The molecule has 0 aromatic heterocycles. The molecule has 0 aliphatic rings. The summed E-state index contributed by atoms with van der Waals surface area (Å²) in [6.07, 6.45) is 0. The Morgan fingerprint density at radius 2 is 1.67 bits per heavy atom. The molecule has 2 aromatic carbocycles. The third kappa shape index (κ3) is 2.36. The van der Waals surface area contributed by atoms with E-state index in [4.69, 9.17) is 0 Å². The minimum atomic E-state index is -3.64. The quantitative estimate of drug-likeness (QED) is 0.855. The first-order chi connectivity index (χ1) is 8.51. The number of benzene rings is 2. The van der Waals surface area contributed by atoms with E-state index in [2.05, 4.69) is 0 Å². The second kappa shape index (κ2) is 4.78. The fourth-order valence-corrected chi connectivity index (χ4v) is 2.77. The van der Waals surface area contributed by atoms with Crippen LogP contribution >= 0.6 is 0 Å². The van der Waals surface area contributed by atoms with E-state index in [1.807, 2.05) is 0 Å². The average molecular weight is 265 g/mol. The zero-order valence-corrected chi connectivity index (χ0v) is 10.6. The molecule has 0 fully saturated rings. The van der Waals surface area contributed by atoms with Crippen molar-refractivity contribution < 1.29 is 12.8 Å². The molecule has 0 heterocycles. The van der Waals surface area contributed by atoms with Crippen molar-refractivity contribution in [2.24, 2.45) is 0 Å². The summed E-state index contributed by atoms with van der Waals surface area (Å²) in [6.45, 7) is 0. The van der Waals surface area contributed by atoms with Crippen LogP contribution in [0.15, 0.2) is 59.5 Å². The van der Waals surface area contributed by atoms with E-state index in [0.29, 0.717) is 5.69 Å². The molecule has 0 N–H and O–H groups in total. The largest absolute Gasteiger partial charge is 0.269 e. The van der Waals surface area contributed by atoms with Crippen molar-refractivity contribution in [2.75, 3.05) is 11.4 Å². The smallest absolute Gasteiger partial charge is 0.264 e. The van der Waals surface area contributed by atoms with Crippen LogP contribution in [0.25, 0.3) is 0 Å². The highest BCUT2D eigenvalue weighted by atomic mass is 32.2. The first kappa shape index (κ1) is 12.6. The van der Waals surface area contributed by atoms with Crippen molar-refractivity contribution in [1.82, 2.24) is 0 Å². The third-order valence-corrected chi connectivity index (χ3v) is 4.37. The van der Waals surface area contributed by atoms with Crippen molar-refractivity contribution in [1.29, 1.82) is 0 Å². The highest BCUT2D eigenvalue weighted by Gasteiger charge is 2.20. The fourth-order valence-electron chi connectivity index (χ4n) is 1.56. The number of halogens is 1. The van der Waals surface area contributed by atoms with Gasteiger partial charge in [0.15, 0.2) is 0 Å². The Kier molecular flexibility index (Phi) is 3.34. The molecule has 0 atom stereocenters.